The maximum absolute atomic E-state index is 11.9. The van der Waals surface area contributed by atoms with Crippen LogP contribution in [0.3, 0.4) is 0 Å². The zero-order valence-corrected chi connectivity index (χ0v) is 13.7. The van der Waals surface area contributed by atoms with Crippen LogP contribution in [0.4, 0.5) is 0 Å². The maximum atomic E-state index is 11.9. The van der Waals surface area contributed by atoms with Crippen LogP contribution < -0.4 is 0 Å². The van der Waals surface area contributed by atoms with Gasteiger partial charge in [0.05, 0.1) is 12.0 Å². The topological polar surface area (TPSA) is 19.9 Å². The third kappa shape index (κ3) is 2.80. The van der Waals surface area contributed by atoms with E-state index in [1.165, 1.54) is 0 Å². The standard InChI is InChI=1S/C21H19OS/c22-16-20(23)21(17-10-4-1-5-11-17,18-12-6-2-7-13-18)19-14-8-3-9-15-19/h1-15,20,23H,16H2. The van der Waals surface area contributed by atoms with Crippen molar-refractivity contribution in [2.45, 2.75) is 10.7 Å². The highest BCUT2D eigenvalue weighted by Crippen LogP contribution is 2.44. The van der Waals surface area contributed by atoms with Gasteiger partial charge in [-0.15, -0.1) is 0 Å². The Balaban J connectivity index is 2.35. The van der Waals surface area contributed by atoms with E-state index in [2.05, 4.69) is 36.4 Å². The van der Waals surface area contributed by atoms with Crippen molar-refractivity contribution in [3.63, 3.8) is 0 Å². The van der Waals surface area contributed by atoms with Crippen LogP contribution in [0.25, 0.3) is 0 Å². The van der Waals surface area contributed by atoms with E-state index < -0.39 is 5.41 Å². The lowest BCUT2D eigenvalue weighted by Gasteiger charge is -2.39. The lowest BCUT2D eigenvalue weighted by atomic mass is 9.67. The first-order valence-corrected chi connectivity index (χ1v) is 8.24. The predicted molar refractivity (Wildman–Crippen MR) is 97.5 cm³/mol. The van der Waals surface area contributed by atoms with Crippen molar-refractivity contribution in [1.82, 2.24) is 0 Å². The molecule has 0 aliphatic carbocycles. The Labute approximate surface area is 143 Å². The molecule has 1 atom stereocenters. The monoisotopic (exact) mass is 319 g/mol. The summed E-state index contributed by atoms with van der Waals surface area (Å²) in [5, 5.41) is 11.6. The Morgan fingerprint density at radius 3 is 1.22 bits per heavy atom. The van der Waals surface area contributed by atoms with Gasteiger partial charge < -0.3 is 0 Å². The molecule has 0 N–H and O–H groups in total. The summed E-state index contributed by atoms with van der Waals surface area (Å²) in [5.74, 6) is 0. The summed E-state index contributed by atoms with van der Waals surface area (Å²) >= 11 is 4.73. The fourth-order valence-electron chi connectivity index (χ4n) is 3.31. The first-order valence-electron chi connectivity index (χ1n) is 7.73. The second kappa shape index (κ2) is 7.03. The second-order valence-electron chi connectivity index (χ2n) is 5.59. The van der Waals surface area contributed by atoms with Crippen molar-refractivity contribution in [3.05, 3.63) is 108 Å². The second-order valence-corrected chi connectivity index (χ2v) is 6.21. The van der Waals surface area contributed by atoms with Crippen LogP contribution in [0.15, 0.2) is 91.0 Å². The summed E-state index contributed by atoms with van der Waals surface area (Å²) in [4.78, 5) is 0. The largest absolute Gasteiger partial charge is 0.235 e. The number of thiol groups is 1. The van der Waals surface area contributed by atoms with Gasteiger partial charge in [0.15, 0.2) is 0 Å². The minimum atomic E-state index is -0.561. The van der Waals surface area contributed by atoms with Crippen molar-refractivity contribution in [3.8, 4) is 0 Å². The van der Waals surface area contributed by atoms with Crippen molar-refractivity contribution in [2.24, 2.45) is 0 Å². The zero-order valence-electron chi connectivity index (χ0n) is 12.8. The van der Waals surface area contributed by atoms with Crippen LogP contribution in [0.1, 0.15) is 16.7 Å². The molecular formula is C21H19OS. The molecule has 0 saturated heterocycles. The SMILES string of the molecule is [O]CC(S)C(c1ccccc1)(c1ccccc1)c1ccccc1. The van der Waals surface area contributed by atoms with Gasteiger partial charge in [0.1, 0.15) is 0 Å². The fourth-order valence-corrected chi connectivity index (χ4v) is 3.75. The van der Waals surface area contributed by atoms with E-state index in [0.29, 0.717) is 0 Å². The van der Waals surface area contributed by atoms with E-state index >= 15 is 0 Å². The Bertz CT molecular complexity index is 629. The van der Waals surface area contributed by atoms with Crippen molar-refractivity contribution < 1.29 is 5.11 Å². The first-order chi connectivity index (χ1) is 11.3. The van der Waals surface area contributed by atoms with E-state index in [1.54, 1.807) is 0 Å². The van der Waals surface area contributed by atoms with E-state index in [1.807, 2.05) is 54.6 Å². The third-order valence-electron chi connectivity index (χ3n) is 4.35. The van der Waals surface area contributed by atoms with Gasteiger partial charge in [-0.1, -0.05) is 91.0 Å². The van der Waals surface area contributed by atoms with Crippen molar-refractivity contribution in [2.75, 3.05) is 6.61 Å². The molecule has 0 fully saturated rings. The highest BCUT2D eigenvalue weighted by Gasteiger charge is 2.42. The Hall–Kier alpha value is -2.03. The molecule has 0 aliphatic heterocycles. The molecule has 0 bridgehead atoms. The van der Waals surface area contributed by atoms with Crippen LogP contribution in [-0.4, -0.2) is 11.9 Å². The van der Waals surface area contributed by atoms with Gasteiger partial charge in [-0.2, -0.15) is 12.6 Å². The smallest absolute Gasteiger partial charge is 0.0953 e. The maximum Gasteiger partial charge on any atom is 0.0953 e. The summed E-state index contributed by atoms with van der Waals surface area (Å²) in [6, 6.07) is 30.6. The zero-order chi connectivity index (χ0) is 16.1. The predicted octanol–water partition coefficient (Wildman–Crippen LogP) is 4.75. The molecule has 1 radical (unpaired) electrons. The van der Waals surface area contributed by atoms with E-state index in [-0.39, 0.29) is 11.9 Å². The molecule has 1 nitrogen and oxygen atoms in total. The number of hydrogen-bond acceptors (Lipinski definition) is 1. The molecule has 0 spiro atoms. The lowest BCUT2D eigenvalue weighted by molar-refractivity contribution is 0.181. The molecule has 0 amide bonds. The minimum Gasteiger partial charge on any atom is -0.235 e. The summed E-state index contributed by atoms with van der Waals surface area (Å²) in [5.41, 5.74) is 2.71. The van der Waals surface area contributed by atoms with Gasteiger partial charge in [0, 0.05) is 5.25 Å². The Kier molecular flexibility index (Phi) is 4.85. The van der Waals surface area contributed by atoms with Gasteiger partial charge in [-0.05, 0) is 16.7 Å². The third-order valence-corrected chi connectivity index (χ3v) is 4.88. The Morgan fingerprint density at radius 2 is 0.957 bits per heavy atom. The first kappa shape index (κ1) is 15.9. The van der Waals surface area contributed by atoms with E-state index in [0.717, 1.165) is 16.7 Å². The highest BCUT2D eigenvalue weighted by atomic mass is 32.1. The normalized spacial score (nSPS) is 12.8. The molecule has 2 heteroatoms. The molecule has 0 aromatic heterocycles. The van der Waals surface area contributed by atoms with Gasteiger partial charge in [-0.25, -0.2) is 5.11 Å². The molecule has 115 valence electrons. The van der Waals surface area contributed by atoms with Crippen LogP contribution >= 0.6 is 12.6 Å². The van der Waals surface area contributed by atoms with Crippen molar-refractivity contribution in [1.29, 1.82) is 0 Å². The molecule has 0 aliphatic rings. The van der Waals surface area contributed by atoms with Crippen LogP contribution in [0.5, 0.6) is 0 Å². The van der Waals surface area contributed by atoms with Gasteiger partial charge in [-0.3, -0.25) is 0 Å². The van der Waals surface area contributed by atoms with Gasteiger partial charge >= 0.3 is 0 Å². The van der Waals surface area contributed by atoms with E-state index in [4.69, 9.17) is 12.6 Å². The summed E-state index contributed by atoms with van der Waals surface area (Å²) in [6.45, 7) is -0.262. The van der Waals surface area contributed by atoms with Crippen molar-refractivity contribution >= 4 is 12.6 Å². The number of rotatable bonds is 5. The van der Waals surface area contributed by atoms with Crippen LogP contribution in [0.2, 0.25) is 0 Å². The fraction of sp³-hybridized carbons (Fsp3) is 0.143. The summed E-state index contributed by atoms with van der Waals surface area (Å²) in [6.07, 6.45) is 0. The summed E-state index contributed by atoms with van der Waals surface area (Å²) < 4.78 is 0. The minimum absolute atomic E-state index is 0.262. The number of benzene rings is 3. The molecule has 0 heterocycles. The highest BCUT2D eigenvalue weighted by molar-refractivity contribution is 7.81. The lowest BCUT2D eigenvalue weighted by Crippen LogP contribution is -2.40. The number of hydrogen-bond donors (Lipinski definition) is 1. The molecular weight excluding hydrogens is 300 g/mol. The molecule has 1 unspecified atom stereocenters. The molecule has 3 rings (SSSR count). The van der Waals surface area contributed by atoms with Crippen LogP contribution in [0, 0.1) is 0 Å². The van der Waals surface area contributed by atoms with Gasteiger partial charge in [0.25, 0.3) is 0 Å². The Morgan fingerprint density at radius 1 is 0.652 bits per heavy atom. The van der Waals surface area contributed by atoms with E-state index in [9.17, 15) is 5.11 Å². The molecule has 3 aromatic carbocycles. The quantitative estimate of drug-likeness (QED) is 0.517. The average molecular weight is 319 g/mol. The molecule has 0 saturated carbocycles. The van der Waals surface area contributed by atoms with Gasteiger partial charge in [0.2, 0.25) is 0 Å². The molecule has 23 heavy (non-hydrogen) atoms. The molecule has 3 aromatic rings. The van der Waals surface area contributed by atoms with Crippen LogP contribution in [-0.2, 0) is 10.5 Å². The summed E-state index contributed by atoms with van der Waals surface area (Å²) in [7, 11) is 0. The average Bonchev–Trinajstić information content (AvgIpc) is 2.65.